The maximum Gasteiger partial charge on any atom is 0.490 e. The summed E-state index contributed by atoms with van der Waals surface area (Å²) in [7, 11) is 0. The SMILES string of the molecule is Cc1c(Cc2ccc(F)c(C(=O)N3CC(=O)N4C(C)CCCC4C3)c2)n[nH]c(=O)c1C.O=C(O)C(F)(F)F. The van der Waals surface area contributed by atoms with Gasteiger partial charge >= 0.3 is 12.1 Å². The van der Waals surface area contributed by atoms with Crippen molar-refractivity contribution in [1.82, 2.24) is 20.0 Å². The Labute approximate surface area is 215 Å². The van der Waals surface area contributed by atoms with Gasteiger partial charge in [-0.05, 0) is 63.3 Å². The topological polar surface area (TPSA) is 124 Å². The standard InChI is InChI=1S/C23H27FN4O3.C2HF3O2/c1-13-5-4-6-17-11-27(12-21(29)28(13)17)23(31)18-9-16(7-8-19(18)24)10-20-14(2)15(3)22(30)26-25-20;3-2(4,5)1(6)7/h7-9,13,17H,4-6,10-12H2,1-3H3,(H,26,30);(H,6,7). The predicted octanol–water partition coefficient (Wildman–Crippen LogP) is 2.98. The average molecular weight is 541 g/mol. The molecular formula is C25H28F4N4O5. The first-order valence-electron chi connectivity index (χ1n) is 11.9. The molecule has 2 fully saturated rings. The Morgan fingerprint density at radius 2 is 1.82 bits per heavy atom. The molecule has 0 saturated carbocycles. The van der Waals surface area contributed by atoms with E-state index in [0.29, 0.717) is 29.8 Å². The third kappa shape index (κ3) is 6.37. The number of amides is 2. The molecule has 2 aliphatic heterocycles. The molecule has 13 heteroatoms. The molecule has 2 aliphatic rings. The summed E-state index contributed by atoms with van der Waals surface area (Å²) in [5.41, 5.74) is 2.46. The van der Waals surface area contributed by atoms with Crippen molar-refractivity contribution in [1.29, 1.82) is 0 Å². The Balaban J connectivity index is 0.000000505. The minimum Gasteiger partial charge on any atom is -0.475 e. The Kier molecular flexibility index (Phi) is 8.58. The van der Waals surface area contributed by atoms with Gasteiger partial charge < -0.3 is 14.9 Å². The third-order valence-electron chi connectivity index (χ3n) is 6.86. The molecule has 2 aromatic rings. The zero-order valence-corrected chi connectivity index (χ0v) is 21.1. The summed E-state index contributed by atoms with van der Waals surface area (Å²) < 4.78 is 46.3. The smallest absolute Gasteiger partial charge is 0.475 e. The Hall–Kier alpha value is -3.77. The predicted molar refractivity (Wildman–Crippen MR) is 127 cm³/mol. The lowest BCUT2D eigenvalue weighted by atomic mass is 9.93. The van der Waals surface area contributed by atoms with Crippen LogP contribution in [0.15, 0.2) is 23.0 Å². The van der Waals surface area contributed by atoms with Gasteiger partial charge in [0, 0.05) is 30.6 Å². The molecular weight excluding hydrogens is 512 g/mol. The maximum absolute atomic E-state index is 14.6. The number of alkyl halides is 3. The van der Waals surface area contributed by atoms with Crippen LogP contribution >= 0.6 is 0 Å². The van der Waals surface area contributed by atoms with Gasteiger partial charge in [-0.25, -0.2) is 14.3 Å². The van der Waals surface area contributed by atoms with Gasteiger partial charge in [0.05, 0.1) is 11.3 Å². The van der Waals surface area contributed by atoms with E-state index in [2.05, 4.69) is 10.2 Å². The highest BCUT2D eigenvalue weighted by molar-refractivity contribution is 5.97. The average Bonchev–Trinajstić information content (AvgIpc) is 2.84. The van der Waals surface area contributed by atoms with Gasteiger partial charge in [-0.3, -0.25) is 14.4 Å². The quantitative estimate of drug-likeness (QED) is 0.577. The summed E-state index contributed by atoms with van der Waals surface area (Å²) in [4.78, 5) is 49.8. The van der Waals surface area contributed by atoms with Gasteiger partial charge in [0.25, 0.3) is 11.5 Å². The lowest BCUT2D eigenvalue weighted by molar-refractivity contribution is -0.192. The molecule has 0 radical (unpaired) electrons. The van der Waals surface area contributed by atoms with Crippen molar-refractivity contribution in [3.63, 3.8) is 0 Å². The van der Waals surface area contributed by atoms with Gasteiger partial charge in [-0.15, -0.1) is 0 Å². The number of piperazine rings is 1. The van der Waals surface area contributed by atoms with Crippen molar-refractivity contribution in [2.24, 2.45) is 0 Å². The van der Waals surface area contributed by atoms with Crippen LogP contribution in [0.4, 0.5) is 17.6 Å². The fourth-order valence-corrected chi connectivity index (χ4v) is 4.69. The summed E-state index contributed by atoms with van der Waals surface area (Å²) in [5, 5.41) is 13.7. The van der Waals surface area contributed by atoms with E-state index < -0.39 is 23.9 Å². The van der Waals surface area contributed by atoms with E-state index in [0.717, 1.165) is 24.8 Å². The fraction of sp³-hybridized carbons (Fsp3) is 0.480. The zero-order valence-electron chi connectivity index (χ0n) is 21.1. The molecule has 1 aromatic carbocycles. The lowest BCUT2D eigenvalue weighted by Crippen LogP contribution is -2.61. The van der Waals surface area contributed by atoms with Crippen LogP contribution in [0.5, 0.6) is 0 Å². The highest BCUT2D eigenvalue weighted by Crippen LogP contribution is 2.28. The van der Waals surface area contributed by atoms with E-state index in [9.17, 15) is 31.9 Å². The number of carboxylic acid groups (broad SMARTS) is 1. The largest absolute Gasteiger partial charge is 0.490 e. The summed E-state index contributed by atoms with van der Waals surface area (Å²) in [5.74, 6) is -3.90. The van der Waals surface area contributed by atoms with E-state index in [1.807, 2.05) is 18.7 Å². The number of carbonyl (C=O) groups is 3. The van der Waals surface area contributed by atoms with Gasteiger partial charge in [0.2, 0.25) is 5.91 Å². The van der Waals surface area contributed by atoms with Crippen molar-refractivity contribution in [2.45, 2.75) is 64.7 Å². The number of aliphatic carboxylic acids is 1. The third-order valence-corrected chi connectivity index (χ3v) is 6.86. The normalized spacial score (nSPS) is 19.4. The lowest BCUT2D eigenvalue weighted by Gasteiger charge is -2.47. The van der Waals surface area contributed by atoms with Crippen LogP contribution in [-0.4, -0.2) is 74.2 Å². The molecule has 3 heterocycles. The number of halogens is 4. The highest BCUT2D eigenvalue weighted by Gasteiger charge is 2.40. The number of carboxylic acids is 1. The van der Waals surface area contributed by atoms with Crippen LogP contribution in [0.3, 0.4) is 0 Å². The molecule has 2 N–H and O–H groups in total. The molecule has 2 atom stereocenters. The van der Waals surface area contributed by atoms with Crippen LogP contribution in [-0.2, 0) is 16.0 Å². The van der Waals surface area contributed by atoms with Crippen LogP contribution in [0.1, 0.15) is 58.9 Å². The number of hydrogen-bond acceptors (Lipinski definition) is 5. The molecule has 0 aliphatic carbocycles. The van der Waals surface area contributed by atoms with Crippen LogP contribution in [0.25, 0.3) is 0 Å². The van der Waals surface area contributed by atoms with Crippen LogP contribution in [0.2, 0.25) is 0 Å². The second-order valence-corrected chi connectivity index (χ2v) is 9.46. The number of piperidine rings is 1. The number of nitrogens with one attached hydrogen (secondary N) is 1. The van der Waals surface area contributed by atoms with Crippen molar-refractivity contribution in [3.05, 3.63) is 62.3 Å². The number of carbonyl (C=O) groups excluding carboxylic acids is 2. The molecule has 9 nitrogen and oxygen atoms in total. The fourth-order valence-electron chi connectivity index (χ4n) is 4.69. The van der Waals surface area contributed by atoms with Gasteiger partial charge in [-0.2, -0.15) is 18.3 Å². The second kappa shape index (κ2) is 11.3. The van der Waals surface area contributed by atoms with Crippen molar-refractivity contribution in [3.8, 4) is 0 Å². The van der Waals surface area contributed by atoms with Crippen LogP contribution < -0.4 is 5.56 Å². The number of benzene rings is 1. The van der Waals surface area contributed by atoms with E-state index >= 15 is 0 Å². The monoisotopic (exact) mass is 540 g/mol. The number of aromatic amines is 1. The number of nitrogens with zero attached hydrogens (tertiary/aromatic N) is 3. The molecule has 0 spiro atoms. The molecule has 2 saturated heterocycles. The first-order valence-corrected chi connectivity index (χ1v) is 11.9. The van der Waals surface area contributed by atoms with Crippen molar-refractivity contribution >= 4 is 17.8 Å². The Morgan fingerprint density at radius 1 is 1.16 bits per heavy atom. The van der Waals surface area contributed by atoms with Crippen LogP contribution in [0, 0.1) is 19.7 Å². The molecule has 2 unspecified atom stereocenters. The van der Waals surface area contributed by atoms with Gasteiger partial charge in [0.15, 0.2) is 0 Å². The zero-order chi connectivity index (χ0) is 28.4. The summed E-state index contributed by atoms with van der Waals surface area (Å²) >= 11 is 0. The van der Waals surface area contributed by atoms with E-state index in [1.165, 1.54) is 17.0 Å². The maximum atomic E-state index is 14.6. The second-order valence-electron chi connectivity index (χ2n) is 9.46. The van der Waals surface area contributed by atoms with Gasteiger partial charge in [-0.1, -0.05) is 6.07 Å². The summed E-state index contributed by atoms with van der Waals surface area (Å²) in [6.45, 7) is 5.99. The molecule has 4 rings (SSSR count). The van der Waals surface area contributed by atoms with E-state index in [-0.39, 0.29) is 35.7 Å². The summed E-state index contributed by atoms with van der Waals surface area (Å²) in [6.07, 6.45) is -1.87. The Morgan fingerprint density at radius 3 is 2.45 bits per heavy atom. The van der Waals surface area contributed by atoms with Crippen molar-refractivity contribution < 1.29 is 37.1 Å². The molecule has 0 bridgehead atoms. The number of fused-ring (bicyclic) bond motifs is 1. The van der Waals surface area contributed by atoms with E-state index in [1.54, 1.807) is 13.0 Å². The first kappa shape index (κ1) is 28.8. The van der Waals surface area contributed by atoms with Gasteiger partial charge in [0.1, 0.15) is 12.4 Å². The number of H-pyrrole nitrogens is 1. The van der Waals surface area contributed by atoms with E-state index in [4.69, 9.17) is 9.90 Å². The minimum atomic E-state index is -5.08. The first-order chi connectivity index (χ1) is 17.7. The molecule has 2 amide bonds. The Bertz CT molecular complexity index is 1290. The minimum absolute atomic E-state index is 0.00355. The number of aromatic nitrogens is 2. The number of rotatable bonds is 3. The number of hydrogen-bond donors (Lipinski definition) is 2. The molecule has 1 aromatic heterocycles. The summed E-state index contributed by atoms with van der Waals surface area (Å²) in [6, 6.07) is 4.59. The molecule has 38 heavy (non-hydrogen) atoms. The molecule has 206 valence electrons. The highest BCUT2D eigenvalue weighted by atomic mass is 19.4. The van der Waals surface area contributed by atoms with Crippen molar-refractivity contribution in [2.75, 3.05) is 13.1 Å².